The predicted molar refractivity (Wildman–Crippen MR) is 107 cm³/mol. The summed E-state index contributed by atoms with van der Waals surface area (Å²) in [6, 6.07) is 10.5. The first-order valence-electron chi connectivity index (χ1n) is 7.81. The van der Waals surface area contributed by atoms with Crippen molar-refractivity contribution in [3.05, 3.63) is 35.9 Å². The number of benzene rings is 1. The summed E-state index contributed by atoms with van der Waals surface area (Å²) >= 11 is 0. The molecule has 22 heavy (non-hydrogen) atoms. The van der Waals surface area contributed by atoms with Gasteiger partial charge in [-0.3, -0.25) is 4.99 Å². The van der Waals surface area contributed by atoms with Crippen molar-refractivity contribution in [2.75, 3.05) is 40.8 Å². The first-order chi connectivity index (χ1) is 10.2. The number of nitrogens with zero attached hydrogens (tertiary/aromatic N) is 3. The minimum absolute atomic E-state index is 0. The molecule has 1 N–H and O–H groups in total. The Hall–Kier alpha value is -0.820. The van der Waals surface area contributed by atoms with Crippen molar-refractivity contribution in [1.29, 1.82) is 0 Å². The lowest BCUT2D eigenvalue weighted by atomic mass is 10.2. The Labute approximate surface area is 153 Å². The van der Waals surface area contributed by atoms with Crippen LogP contribution >= 0.6 is 24.0 Å². The lowest BCUT2D eigenvalue weighted by Gasteiger charge is -2.23. The van der Waals surface area contributed by atoms with Gasteiger partial charge in [0.2, 0.25) is 0 Å². The molecule has 126 valence electrons. The molecule has 5 heteroatoms. The maximum atomic E-state index is 4.36. The summed E-state index contributed by atoms with van der Waals surface area (Å²) < 4.78 is 0. The van der Waals surface area contributed by atoms with E-state index in [2.05, 4.69) is 65.4 Å². The maximum Gasteiger partial charge on any atom is 0.193 e. The Morgan fingerprint density at radius 1 is 1.14 bits per heavy atom. The SMILES string of the molecule is CCCCN(C)CCNC(=NC)N(C)Cc1ccccc1.I. The molecular weight excluding hydrogens is 387 g/mol. The second-order valence-corrected chi connectivity index (χ2v) is 5.47. The molecular formula is C17H31IN4. The van der Waals surface area contributed by atoms with Crippen molar-refractivity contribution in [2.45, 2.75) is 26.3 Å². The zero-order valence-corrected chi connectivity index (χ0v) is 16.7. The van der Waals surface area contributed by atoms with Gasteiger partial charge in [0.1, 0.15) is 0 Å². The number of unbranched alkanes of at least 4 members (excludes halogenated alkanes) is 1. The van der Waals surface area contributed by atoms with E-state index in [1.165, 1.54) is 18.4 Å². The monoisotopic (exact) mass is 418 g/mol. The highest BCUT2D eigenvalue weighted by atomic mass is 127. The Balaban J connectivity index is 0.00000441. The van der Waals surface area contributed by atoms with Gasteiger partial charge in [0.25, 0.3) is 0 Å². The van der Waals surface area contributed by atoms with Gasteiger partial charge in [-0.15, -0.1) is 24.0 Å². The Morgan fingerprint density at radius 2 is 1.82 bits per heavy atom. The van der Waals surface area contributed by atoms with E-state index in [4.69, 9.17) is 0 Å². The van der Waals surface area contributed by atoms with Crippen LogP contribution in [0, 0.1) is 0 Å². The number of nitrogens with one attached hydrogen (secondary N) is 1. The van der Waals surface area contributed by atoms with Crippen LogP contribution in [0.4, 0.5) is 0 Å². The van der Waals surface area contributed by atoms with Gasteiger partial charge in [-0.25, -0.2) is 0 Å². The number of likely N-dealkylation sites (N-methyl/N-ethyl adjacent to an activating group) is 1. The third-order valence-corrected chi connectivity index (χ3v) is 3.51. The van der Waals surface area contributed by atoms with Crippen molar-refractivity contribution in [3.8, 4) is 0 Å². The van der Waals surface area contributed by atoms with Crippen LogP contribution in [-0.4, -0.2) is 56.5 Å². The van der Waals surface area contributed by atoms with E-state index >= 15 is 0 Å². The van der Waals surface area contributed by atoms with Crippen molar-refractivity contribution >= 4 is 29.9 Å². The number of guanidine groups is 1. The average molecular weight is 418 g/mol. The van der Waals surface area contributed by atoms with E-state index < -0.39 is 0 Å². The molecule has 0 fully saturated rings. The van der Waals surface area contributed by atoms with Gasteiger partial charge < -0.3 is 15.1 Å². The number of rotatable bonds is 8. The Kier molecular flexibility index (Phi) is 12.2. The van der Waals surface area contributed by atoms with Gasteiger partial charge >= 0.3 is 0 Å². The summed E-state index contributed by atoms with van der Waals surface area (Å²) in [4.78, 5) is 8.87. The quantitative estimate of drug-likeness (QED) is 0.400. The van der Waals surface area contributed by atoms with E-state index in [1.807, 2.05) is 13.1 Å². The molecule has 0 bridgehead atoms. The topological polar surface area (TPSA) is 30.9 Å². The van der Waals surface area contributed by atoms with Crippen LogP contribution in [0.1, 0.15) is 25.3 Å². The number of hydrogen-bond acceptors (Lipinski definition) is 2. The molecule has 0 atom stereocenters. The normalized spacial score (nSPS) is 11.2. The fourth-order valence-electron chi connectivity index (χ4n) is 2.22. The molecule has 0 aromatic heterocycles. The zero-order valence-electron chi connectivity index (χ0n) is 14.4. The Morgan fingerprint density at radius 3 is 2.41 bits per heavy atom. The molecule has 0 saturated carbocycles. The molecule has 0 spiro atoms. The lowest BCUT2D eigenvalue weighted by molar-refractivity contribution is 0.330. The van der Waals surface area contributed by atoms with E-state index in [0.717, 1.165) is 32.1 Å². The third-order valence-electron chi connectivity index (χ3n) is 3.51. The molecule has 1 aromatic carbocycles. The average Bonchev–Trinajstić information content (AvgIpc) is 2.50. The summed E-state index contributed by atoms with van der Waals surface area (Å²) in [7, 11) is 6.08. The summed E-state index contributed by atoms with van der Waals surface area (Å²) in [6.45, 7) is 6.22. The number of aliphatic imine (C=N–C) groups is 1. The van der Waals surface area contributed by atoms with Crippen LogP contribution in [0.3, 0.4) is 0 Å². The van der Waals surface area contributed by atoms with Crippen LogP contribution < -0.4 is 5.32 Å². The van der Waals surface area contributed by atoms with Gasteiger partial charge in [0.15, 0.2) is 5.96 Å². The highest BCUT2D eigenvalue weighted by molar-refractivity contribution is 14.0. The smallest absolute Gasteiger partial charge is 0.193 e. The molecule has 1 rings (SSSR count). The molecule has 1 aromatic rings. The molecule has 0 radical (unpaired) electrons. The van der Waals surface area contributed by atoms with Gasteiger partial charge in [-0.1, -0.05) is 43.7 Å². The molecule has 0 aliphatic heterocycles. The first-order valence-corrected chi connectivity index (χ1v) is 7.81. The fraction of sp³-hybridized carbons (Fsp3) is 0.588. The minimum atomic E-state index is 0. The van der Waals surface area contributed by atoms with Crippen LogP contribution in [-0.2, 0) is 6.54 Å². The van der Waals surface area contributed by atoms with Crippen molar-refractivity contribution < 1.29 is 0 Å². The summed E-state index contributed by atoms with van der Waals surface area (Å²) in [6.07, 6.45) is 2.51. The third kappa shape index (κ3) is 8.58. The van der Waals surface area contributed by atoms with Gasteiger partial charge in [0.05, 0.1) is 0 Å². The molecule has 0 aliphatic rings. The maximum absolute atomic E-state index is 4.36. The van der Waals surface area contributed by atoms with E-state index in [-0.39, 0.29) is 24.0 Å². The van der Waals surface area contributed by atoms with Crippen molar-refractivity contribution in [1.82, 2.24) is 15.1 Å². The lowest BCUT2D eigenvalue weighted by Crippen LogP contribution is -2.41. The largest absolute Gasteiger partial charge is 0.355 e. The van der Waals surface area contributed by atoms with Gasteiger partial charge in [0, 0.05) is 33.7 Å². The summed E-state index contributed by atoms with van der Waals surface area (Å²) in [5.74, 6) is 0.947. The molecule has 0 saturated heterocycles. The second-order valence-electron chi connectivity index (χ2n) is 5.47. The fourth-order valence-corrected chi connectivity index (χ4v) is 2.22. The van der Waals surface area contributed by atoms with E-state index in [9.17, 15) is 0 Å². The second kappa shape index (κ2) is 12.7. The standard InChI is InChI=1S/C17H30N4.HI/c1-5-6-13-20(3)14-12-19-17(18-2)21(4)15-16-10-8-7-9-11-16;/h7-11H,5-6,12-15H2,1-4H3,(H,18,19);1H. The van der Waals surface area contributed by atoms with Crippen molar-refractivity contribution in [2.24, 2.45) is 4.99 Å². The molecule has 0 aliphatic carbocycles. The number of halogens is 1. The van der Waals surface area contributed by atoms with E-state index in [0.29, 0.717) is 0 Å². The molecule has 0 amide bonds. The van der Waals surface area contributed by atoms with Crippen molar-refractivity contribution in [3.63, 3.8) is 0 Å². The van der Waals surface area contributed by atoms with Crippen LogP contribution in [0.15, 0.2) is 35.3 Å². The summed E-state index contributed by atoms with van der Waals surface area (Å²) in [5.41, 5.74) is 1.29. The molecule has 0 heterocycles. The van der Waals surface area contributed by atoms with Crippen LogP contribution in [0.25, 0.3) is 0 Å². The molecule has 0 unspecified atom stereocenters. The number of hydrogen-bond donors (Lipinski definition) is 1. The minimum Gasteiger partial charge on any atom is -0.355 e. The van der Waals surface area contributed by atoms with Gasteiger partial charge in [-0.05, 0) is 25.6 Å². The summed E-state index contributed by atoms with van der Waals surface area (Å²) in [5, 5.41) is 3.43. The van der Waals surface area contributed by atoms with Crippen LogP contribution in [0.5, 0.6) is 0 Å². The van der Waals surface area contributed by atoms with Crippen LogP contribution in [0.2, 0.25) is 0 Å². The predicted octanol–water partition coefficient (Wildman–Crippen LogP) is 3.04. The van der Waals surface area contributed by atoms with E-state index in [1.54, 1.807) is 0 Å². The highest BCUT2D eigenvalue weighted by Crippen LogP contribution is 2.02. The highest BCUT2D eigenvalue weighted by Gasteiger charge is 2.06. The zero-order chi connectivity index (χ0) is 15.5. The molecule has 4 nitrogen and oxygen atoms in total. The van der Waals surface area contributed by atoms with Gasteiger partial charge in [-0.2, -0.15) is 0 Å². The Bertz CT molecular complexity index is 408. The first kappa shape index (κ1) is 21.2.